The standard InChI is InChI=1S/C16H18BrN5O2/c1-11-3-2-8-21(9-11)16-14(22(23)24)15(18-10-19-16)20-13-6-4-12(17)5-7-13/h4-7,10-11H,2-3,8-9H2,1H3,(H,18,19,20). The van der Waals surface area contributed by atoms with E-state index >= 15 is 0 Å². The van der Waals surface area contributed by atoms with Gasteiger partial charge < -0.3 is 10.2 Å². The molecule has 0 aliphatic carbocycles. The lowest BCUT2D eigenvalue weighted by Crippen LogP contribution is -2.35. The second-order valence-electron chi connectivity index (χ2n) is 5.98. The summed E-state index contributed by atoms with van der Waals surface area (Å²) in [5, 5.41) is 14.7. The fourth-order valence-corrected chi connectivity index (χ4v) is 3.18. The van der Waals surface area contributed by atoms with Crippen molar-refractivity contribution in [2.24, 2.45) is 5.92 Å². The fourth-order valence-electron chi connectivity index (χ4n) is 2.91. The zero-order valence-electron chi connectivity index (χ0n) is 13.3. The minimum absolute atomic E-state index is 0.0745. The predicted octanol–water partition coefficient (Wildman–Crippen LogP) is 4.13. The van der Waals surface area contributed by atoms with Crippen LogP contribution in [0, 0.1) is 16.0 Å². The van der Waals surface area contributed by atoms with Crippen molar-refractivity contribution in [3.8, 4) is 0 Å². The van der Waals surface area contributed by atoms with E-state index in [9.17, 15) is 10.1 Å². The highest BCUT2D eigenvalue weighted by molar-refractivity contribution is 9.10. The van der Waals surface area contributed by atoms with Crippen molar-refractivity contribution in [2.45, 2.75) is 19.8 Å². The summed E-state index contributed by atoms with van der Waals surface area (Å²) in [5.41, 5.74) is 0.660. The Hall–Kier alpha value is -2.22. The molecule has 24 heavy (non-hydrogen) atoms. The molecule has 1 unspecified atom stereocenters. The number of hydrogen-bond acceptors (Lipinski definition) is 6. The Morgan fingerprint density at radius 1 is 1.33 bits per heavy atom. The molecule has 1 aromatic heterocycles. The Bertz CT molecular complexity index is 738. The first-order valence-corrected chi connectivity index (χ1v) is 8.61. The Morgan fingerprint density at radius 3 is 2.75 bits per heavy atom. The van der Waals surface area contributed by atoms with Gasteiger partial charge in [0.2, 0.25) is 11.6 Å². The van der Waals surface area contributed by atoms with E-state index in [1.807, 2.05) is 29.2 Å². The number of rotatable bonds is 4. The van der Waals surface area contributed by atoms with E-state index in [4.69, 9.17) is 0 Å². The molecule has 1 atom stereocenters. The van der Waals surface area contributed by atoms with Crippen molar-refractivity contribution in [3.63, 3.8) is 0 Å². The van der Waals surface area contributed by atoms with Gasteiger partial charge in [0.1, 0.15) is 6.33 Å². The summed E-state index contributed by atoms with van der Waals surface area (Å²) in [4.78, 5) is 21.5. The molecule has 1 N–H and O–H groups in total. The van der Waals surface area contributed by atoms with Crippen LogP contribution in [0.2, 0.25) is 0 Å². The van der Waals surface area contributed by atoms with Gasteiger partial charge in [-0.2, -0.15) is 0 Å². The van der Waals surface area contributed by atoms with E-state index in [0.717, 1.165) is 36.1 Å². The summed E-state index contributed by atoms with van der Waals surface area (Å²) in [6.45, 7) is 3.70. The lowest BCUT2D eigenvalue weighted by atomic mass is 10.0. The molecule has 3 rings (SSSR count). The normalized spacial score (nSPS) is 17.6. The van der Waals surface area contributed by atoms with Crippen LogP contribution in [0.1, 0.15) is 19.8 Å². The van der Waals surface area contributed by atoms with Crippen molar-refractivity contribution >= 4 is 38.9 Å². The van der Waals surface area contributed by atoms with Gasteiger partial charge in [-0.15, -0.1) is 0 Å². The van der Waals surface area contributed by atoms with E-state index in [2.05, 4.69) is 38.1 Å². The molecule has 2 aromatic rings. The molecule has 0 saturated carbocycles. The minimum atomic E-state index is -0.407. The number of halogens is 1. The monoisotopic (exact) mass is 391 g/mol. The average Bonchev–Trinajstić information content (AvgIpc) is 2.56. The molecule has 126 valence electrons. The summed E-state index contributed by atoms with van der Waals surface area (Å²) in [6.07, 6.45) is 3.53. The molecule has 1 aliphatic heterocycles. The molecule has 1 fully saturated rings. The van der Waals surface area contributed by atoms with E-state index in [-0.39, 0.29) is 11.5 Å². The molecule has 0 spiro atoms. The van der Waals surface area contributed by atoms with Gasteiger partial charge in [0.15, 0.2) is 0 Å². The second-order valence-corrected chi connectivity index (χ2v) is 6.89. The largest absolute Gasteiger partial charge is 0.353 e. The van der Waals surface area contributed by atoms with Crippen molar-refractivity contribution < 1.29 is 4.92 Å². The maximum absolute atomic E-state index is 11.7. The predicted molar refractivity (Wildman–Crippen MR) is 96.7 cm³/mol. The van der Waals surface area contributed by atoms with Gasteiger partial charge in [0.05, 0.1) is 4.92 Å². The van der Waals surface area contributed by atoms with Crippen LogP contribution in [0.3, 0.4) is 0 Å². The van der Waals surface area contributed by atoms with Gasteiger partial charge in [-0.25, -0.2) is 9.97 Å². The average molecular weight is 392 g/mol. The van der Waals surface area contributed by atoms with Crippen LogP contribution >= 0.6 is 15.9 Å². The van der Waals surface area contributed by atoms with Gasteiger partial charge >= 0.3 is 5.69 Å². The number of anilines is 3. The molecule has 7 nitrogen and oxygen atoms in total. The number of aromatic nitrogens is 2. The Kier molecular flexibility index (Phi) is 4.94. The first-order chi connectivity index (χ1) is 11.5. The number of hydrogen-bond donors (Lipinski definition) is 1. The molecule has 1 aliphatic rings. The molecule has 0 amide bonds. The summed E-state index contributed by atoms with van der Waals surface area (Å²) in [5.74, 6) is 1.10. The highest BCUT2D eigenvalue weighted by Crippen LogP contribution is 2.35. The third kappa shape index (κ3) is 3.64. The van der Waals surface area contributed by atoms with Crippen molar-refractivity contribution in [1.82, 2.24) is 9.97 Å². The third-order valence-corrected chi connectivity index (χ3v) is 4.58. The molecular formula is C16H18BrN5O2. The van der Waals surface area contributed by atoms with Crippen LogP contribution in [-0.2, 0) is 0 Å². The van der Waals surface area contributed by atoms with Gasteiger partial charge in [-0.05, 0) is 43.0 Å². The zero-order chi connectivity index (χ0) is 17.1. The number of nitro groups is 1. The highest BCUT2D eigenvalue weighted by atomic mass is 79.9. The van der Waals surface area contributed by atoms with Gasteiger partial charge in [0.25, 0.3) is 0 Å². The Balaban J connectivity index is 1.95. The van der Waals surface area contributed by atoms with Crippen molar-refractivity contribution in [3.05, 3.63) is 45.2 Å². The van der Waals surface area contributed by atoms with Crippen LogP contribution in [-0.4, -0.2) is 28.0 Å². The zero-order valence-corrected chi connectivity index (χ0v) is 14.9. The molecule has 1 saturated heterocycles. The van der Waals surface area contributed by atoms with Crippen LogP contribution in [0.5, 0.6) is 0 Å². The topological polar surface area (TPSA) is 84.2 Å². The highest BCUT2D eigenvalue weighted by Gasteiger charge is 2.29. The van der Waals surface area contributed by atoms with E-state index in [0.29, 0.717) is 11.7 Å². The SMILES string of the molecule is CC1CCCN(c2ncnc(Nc3ccc(Br)cc3)c2[N+](=O)[O-])C1. The maximum Gasteiger partial charge on any atom is 0.353 e. The van der Waals surface area contributed by atoms with Crippen LogP contribution in [0.25, 0.3) is 0 Å². The number of piperidine rings is 1. The lowest BCUT2D eigenvalue weighted by Gasteiger charge is -2.31. The molecule has 2 heterocycles. The first kappa shape index (κ1) is 16.6. The minimum Gasteiger partial charge on any atom is -0.350 e. The van der Waals surface area contributed by atoms with Crippen LogP contribution < -0.4 is 10.2 Å². The molecular weight excluding hydrogens is 374 g/mol. The maximum atomic E-state index is 11.7. The molecule has 8 heteroatoms. The fraction of sp³-hybridized carbons (Fsp3) is 0.375. The summed E-state index contributed by atoms with van der Waals surface area (Å²) in [7, 11) is 0. The number of nitrogens with zero attached hydrogens (tertiary/aromatic N) is 4. The number of nitrogens with one attached hydrogen (secondary N) is 1. The van der Waals surface area contributed by atoms with Crippen LogP contribution in [0.15, 0.2) is 35.1 Å². The van der Waals surface area contributed by atoms with Gasteiger partial charge in [0, 0.05) is 23.2 Å². The van der Waals surface area contributed by atoms with Crippen molar-refractivity contribution in [1.29, 1.82) is 0 Å². The third-order valence-electron chi connectivity index (χ3n) is 4.05. The Morgan fingerprint density at radius 2 is 2.08 bits per heavy atom. The summed E-state index contributed by atoms with van der Waals surface area (Å²) < 4.78 is 0.938. The molecule has 0 bridgehead atoms. The number of benzene rings is 1. The van der Waals surface area contributed by atoms with Crippen LogP contribution in [0.4, 0.5) is 23.0 Å². The lowest BCUT2D eigenvalue weighted by molar-refractivity contribution is -0.383. The van der Waals surface area contributed by atoms with Gasteiger partial charge in [-0.1, -0.05) is 22.9 Å². The molecule has 0 radical (unpaired) electrons. The summed E-state index contributed by atoms with van der Waals surface area (Å²) in [6, 6.07) is 7.39. The summed E-state index contributed by atoms with van der Waals surface area (Å²) >= 11 is 3.37. The second kappa shape index (κ2) is 7.12. The van der Waals surface area contributed by atoms with E-state index in [1.165, 1.54) is 6.33 Å². The molecule has 1 aromatic carbocycles. The smallest absolute Gasteiger partial charge is 0.350 e. The van der Waals surface area contributed by atoms with Gasteiger partial charge in [-0.3, -0.25) is 10.1 Å². The van der Waals surface area contributed by atoms with E-state index < -0.39 is 4.92 Å². The Labute approximate surface area is 148 Å². The van der Waals surface area contributed by atoms with E-state index in [1.54, 1.807) is 0 Å². The van der Waals surface area contributed by atoms with Crippen molar-refractivity contribution in [2.75, 3.05) is 23.3 Å². The first-order valence-electron chi connectivity index (χ1n) is 7.81. The quantitative estimate of drug-likeness (QED) is 0.622.